The van der Waals surface area contributed by atoms with Crippen molar-refractivity contribution < 1.29 is 29.0 Å². The van der Waals surface area contributed by atoms with Crippen molar-refractivity contribution in [2.24, 2.45) is 0 Å². The molecule has 0 aliphatic carbocycles. The first-order valence-electron chi connectivity index (χ1n) is 19.4. The molecule has 3 aliphatic heterocycles. The third-order valence-corrected chi connectivity index (χ3v) is 10.8. The largest absolute Gasteiger partial charge is 0.508 e. The Balaban J connectivity index is 0.877. The van der Waals surface area contributed by atoms with E-state index in [0.29, 0.717) is 17.7 Å². The van der Waals surface area contributed by atoms with Crippen LogP contribution >= 0.6 is 0 Å². The van der Waals surface area contributed by atoms with Gasteiger partial charge in [-0.2, -0.15) is 0 Å². The number of fused-ring (bicyclic) bond motifs is 1. The average Bonchev–Trinajstić information content (AvgIpc) is 3.32. The van der Waals surface area contributed by atoms with Gasteiger partial charge in [0.25, 0.3) is 11.8 Å². The third kappa shape index (κ3) is 8.49. The number of ether oxygens (including phenoxy) is 1. The number of hydrogen-bond donors (Lipinski definition) is 2. The number of aromatic hydroxyl groups is 1. The number of amides is 4. The Hall–Kier alpha value is -5.74. The van der Waals surface area contributed by atoms with Gasteiger partial charge in [0.1, 0.15) is 17.5 Å². The van der Waals surface area contributed by atoms with Crippen molar-refractivity contribution in [2.45, 2.75) is 57.9 Å². The van der Waals surface area contributed by atoms with Crippen molar-refractivity contribution in [1.82, 2.24) is 15.1 Å². The Morgan fingerprint density at radius 3 is 2.22 bits per heavy atom. The molecule has 0 saturated carbocycles. The third-order valence-electron chi connectivity index (χ3n) is 10.8. The minimum atomic E-state index is -0.965. The maximum absolute atomic E-state index is 13.3. The number of imide groups is 2. The molecule has 4 aromatic carbocycles. The fourth-order valence-corrected chi connectivity index (χ4v) is 7.94. The molecule has 2 saturated heterocycles. The Labute approximate surface area is 322 Å². The number of benzene rings is 4. The number of carbonyl (C=O) groups is 4. The van der Waals surface area contributed by atoms with Crippen LogP contribution in [0.4, 0.5) is 5.69 Å². The van der Waals surface area contributed by atoms with Crippen molar-refractivity contribution in [2.75, 3.05) is 44.2 Å². The van der Waals surface area contributed by atoms with Crippen LogP contribution in [0.3, 0.4) is 0 Å². The summed E-state index contributed by atoms with van der Waals surface area (Å²) in [4.78, 5) is 56.3. The Kier molecular flexibility index (Phi) is 11.7. The molecule has 10 heteroatoms. The molecular formula is C45H48N4O6. The van der Waals surface area contributed by atoms with E-state index in [1.54, 1.807) is 24.3 Å². The molecule has 2 fully saturated rings. The van der Waals surface area contributed by atoms with Gasteiger partial charge in [0.05, 0.1) is 17.7 Å². The quantitative estimate of drug-likeness (QED) is 0.0862. The number of anilines is 1. The van der Waals surface area contributed by atoms with Crippen LogP contribution in [-0.2, 0) is 9.59 Å². The van der Waals surface area contributed by atoms with Gasteiger partial charge in [-0.15, -0.1) is 0 Å². The van der Waals surface area contributed by atoms with Crippen LogP contribution < -0.4 is 15.0 Å². The lowest BCUT2D eigenvalue weighted by Crippen LogP contribution is -2.54. The summed E-state index contributed by atoms with van der Waals surface area (Å²) >= 11 is 0. The molecule has 3 aliphatic rings. The Bertz CT molecular complexity index is 2060. The van der Waals surface area contributed by atoms with E-state index in [0.717, 1.165) is 97.9 Å². The fraction of sp³-hybridized carbons (Fsp3) is 0.333. The van der Waals surface area contributed by atoms with E-state index in [1.165, 1.54) is 11.1 Å². The van der Waals surface area contributed by atoms with E-state index in [1.807, 2.05) is 36.4 Å². The van der Waals surface area contributed by atoms with E-state index in [2.05, 4.69) is 58.4 Å². The van der Waals surface area contributed by atoms with Crippen molar-refractivity contribution in [3.05, 3.63) is 125 Å². The number of allylic oxidation sites excluding steroid dienone is 1. The molecule has 0 aromatic heterocycles. The van der Waals surface area contributed by atoms with Gasteiger partial charge in [-0.3, -0.25) is 29.4 Å². The standard InChI is InChI=1S/C45H48N4O6/c1-2-37(31-10-5-3-6-11-31)42(32-12-17-35(50)18-13-32)33-14-19-36(20-15-33)55-29-8-4-7-24-47-25-9-26-48(28-27-47)34-16-21-38-39(30-34)45(54)49(44(38)53)40-22-23-41(51)46-43(40)52/h3,5-6,10-21,30,40,50H,2,4,7-9,22-29H2,1H3,(H,46,51,52)/b42-37-. The summed E-state index contributed by atoms with van der Waals surface area (Å²) < 4.78 is 6.15. The van der Waals surface area contributed by atoms with Crippen LogP contribution in [-0.4, -0.2) is 83.9 Å². The van der Waals surface area contributed by atoms with Crippen molar-refractivity contribution in [3.8, 4) is 11.5 Å². The number of nitrogens with one attached hydrogen (secondary N) is 1. The number of piperidine rings is 1. The zero-order valence-corrected chi connectivity index (χ0v) is 31.3. The summed E-state index contributed by atoms with van der Waals surface area (Å²) in [6, 6.07) is 30.6. The summed E-state index contributed by atoms with van der Waals surface area (Å²) in [5.74, 6) is -0.850. The highest BCUT2D eigenvalue weighted by Gasteiger charge is 2.44. The number of phenolic OH excluding ortho intramolecular Hbond substituents is 1. The molecule has 7 rings (SSSR count). The molecular weight excluding hydrogens is 693 g/mol. The van der Waals surface area contributed by atoms with Gasteiger partial charge in [0.15, 0.2) is 0 Å². The molecule has 4 amide bonds. The van der Waals surface area contributed by atoms with Crippen molar-refractivity contribution in [1.29, 1.82) is 0 Å². The molecule has 0 radical (unpaired) electrons. The van der Waals surface area contributed by atoms with Crippen molar-refractivity contribution >= 4 is 40.5 Å². The molecule has 55 heavy (non-hydrogen) atoms. The maximum atomic E-state index is 13.3. The summed E-state index contributed by atoms with van der Waals surface area (Å²) in [5, 5.41) is 12.2. The summed E-state index contributed by atoms with van der Waals surface area (Å²) in [6.07, 6.45) is 5.20. The Morgan fingerprint density at radius 1 is 0.764 bits per heavy atom. The molecule has 1 atom stereocenters. The monoisotopic (exact) mass is 740 g/mol. The number of hydrogen-bond acceptors (Lipinski definition) is 8. The summed E-state index contributed by atoms with van der Waals surface area (Å²) in [7, 11) is 0. The van der Waals surface area contributed by atoms with Gasteiger partial charge >= 0.3 is 0 Å². The van der Waals surface area contributed by atoms with Crippen LogP contribution in [0.1, 0.15) is 89.3 Å². The predicted molar refractivity (Wildman–Crippen MR) is 213 cm³/mol. The van der Waals surface area contributed by atoms with Crippen molar-refractivity contribution in [3.63, 3.8) is 0 Å². The number of rotatable bonds is 13. The van der Waals surface area contributed by atoms with Gasteiger partial charge in [-0.25, -0.2) is 0 Å². The second-order valence-electron chi connectivity index (χ2n) is 14.4. The minimum Gasteiger partial charge on any atom is -0.508 e. The molecule has 284 valence electrons. The lowest BCUT2D eigenvalue weighted by Gasteiger charge is -2.27. The molecule has 10 nitrogen and oxygen atoms in total. The van der Waals surface area contributed by atoms with E-state index < -0.39 is 23.8 Å². The van der Waals surface area contributed by atoms with E-state index in [9.17, 15) is 24.3 Å². The molecule has 1 unspecified atom stereocenters. The van der Waals surface area contributed by atoms with Crippen LogP contribution in [0.2, 0.25) is 0 Å². The lowest BCUT2D eigenvalue weighted by atomic mass is 9.88. The molecule has 0 bridgehead atoms. The van der Waals surface area contributed by atoms with Crippen LogP contribution in [0.5, 0.6) is 11.5 Å². The summed E-state index contributed by atoms with van der Waals surface area (Å²) in [5.41, 5.74) is 7.25. The first-order chi connectivity index (χ1) is 26.8. The minimum absolute atomic E-state index is 0.0982. The van der Waals surface area contributed by atoms with Crippen LogP contribution in [0, 0.1) is 0 Å². The zero-order valence-electron chi connectivity index (χ0n) is 31.3. The van der Waals surface area contributed by atoms with Crippen LogP contribution in [0.15, 0.2) is 97.1 Å². The second kappa shape index (κ2) is 17.2. The Morgan fingerprint density at radius 2 is 1.49 bits per heavy atom. The smallest absolute Gasteiger partial charge is 0.262 e. The lowest BCUT2D eigenvalue weighted by molar-refractivity contribution is -0.136. The van der Waals surface area contributed by atoms with Gasteiger partial charge in [-0.05, 0) is 122 Å². The molecule has 3 heterocycles. The van der Waals surface area contributed by atoms with E-state index >= 15 is 0 Å². The molecule has 0 spiro atoms. The maximum Gasteiger partial charge on any atom is 0.262 e. The SMILES string of the molecule is CC/C(=C(\c1ccc(O)cc1)c1ccc(OCCCCCN2CCCN(c3ccc4c(c3)C(=O)N(C3CCC(=O)NC3=O)C4=O)CC2)cc1)c1ccccc1. The van der Waals surface area contributed by atoms with Crippen LogP contribution in [0.25, 0.3) is 11.1 Å². The zero-order chi connectivity index (χ0) is 38.3. The first kappa shape index (κ1) is 37.6. The second-order valence-corrected chi connectivity index (χ2v) is 14.4. The highest BCUT2D eigenvalue weighted by atomic mass is 16.5. The van der Waals surface area contributed by atoms with Gasteiger partial charge in [0, 0.05) is 31.7 Å². The average molecular weight is 741 g/mol. The number of phenols is 1. The summed E-state index contributed by atoms with van der Waals surface area (Å²) in [6.45, 7) is 7.39. The van der Waals surface area contributed by atoms with Gasteiger partial charge < -0.3 is 19.6 Å². The first-order valence-corrected chi connectivity index (χ1v) is 19.4. The highest BCUT2D eigenvalue weighted by Crippen LogP contribution is 2.36. The molecule has 4 aromatic rings. The van der Waals surface area contributed by atoms with Gasteiger partial charge in [-0.1, -0.05) is 61.5 Å². The highest BCUT2D eigenvalue weighted by molar-refractivity contribution is 6.23. The predicted octanol–water partition coefficient (Wildman–Crippen LogP) is 6.92. The number of nitrogens with zero attached hydrogens (tertiary/aromatic N) is 3. The normalized spacial score (nSPS) is 18.2. The van der Waals surface area contributed by atoms with Gasteiger partial charge in [0.2, 0.25) is 11.8 Å². The van der Waals surface area contributed by atoms with E-state index in [4.69, 9.17) is 4.74 Å². The number of carbonyl (C=O) groups excluding carboxylic acids is 4. The molecule has 2 N–H and O–H groups in total. The number of unbranched alkanes of at least 4 members (excludes halogenated alkanes) is 2. The van der Waals surface area contributed by atoms with E-state index in [-0.39, 0.29) is 24.5 Å². The topological polar surface area (TPSA) is 119 Å². The fourth-order valence-electron chi connectivity index (χ4n) is 7.94.